The van der Waals surface area contributed by atoms with Gasteiger partial charge in [0.25, 0.3) is 5.91 Å². The molecule has 10 heteroatoms. The topological polar surface area (TPSA) is 107 Å². The van der Waals surface area contributed by atoms with Gasteiger partial charge in [0.05, 0.1) is 11.8 Å². The summed E-state index contributed by atoms with van der Waals surface area (Å²) < 4.78 is 12.5. The van der Waals surface area contributed by atoms with Crippen LogP contribution in [0.15, 0.2) is 53.7 Å². The summed E-state index contributed by atoms with van der Waals surface area (Å²) in [5.74, 6) is 1.71. The minimum atomic E-state index is -0.341. The van der Waals surface area contributed by atoms with Crippen molar-refractivity contribution in [1.82, 2.24) is 20.1 Å². The van der Waals surface area contributed by atoms with Gasteiger partial charge in [-0.3, -0.25) is 9.59 Å². The predicted octanol–water partition coefficient (Wildman–Crippen LogP) is 3.25. The van der Waals surface area contributed by atoms with E-state index in [1.54, 1.807) is 30.3 Å². The number of fused-ring (bicyclic) bond motifs is 1. The van der Waals surface area contributed by atoms with E-state index in [-0.39, 0.29) is 30.4 Å². The van der Waals surface area contributed by atoms with E-state index in [1.165, 1.54) is 11.8 Å². The lowest BCUT2D eigenvalue weighted by molar-refractivity contribution is -0.113. The molecule has 9 nitrogen and oxygen atoms in total. The molecule has 2 N–H and O–H groups in total. The largest absolute Gasteiger partial charge is 0.454 e. The van der Waals surface area contributed by atoms with Crippen molar-refractivity contribution < 1.29 is 19.1 Å². The summed E-state index contributed by atoms with van der Waals surface area (Å²) in [4.78, 5) is 24.9. The second-order valence-electron chi connectivity index (χ2n) is 7.05. The van der Waals surface area contributed by atoms with Crippen molar-refractivity contribution in [3.8, 4) is 11.5 Å². The van der Waals surface area contributed by atoms with Gasteiger partial charge in [-0.05, 0) is 38.1 Å². The molecule has 0 spiro atoms. The number of amides is 2. The maximum absolute atomic E-state index is 12.5. The first-order valence-electron chi connectivity index (χ1n) is 10.2. The number of benzene rings is 2. The summed E-state index contributed by atoms with van der Waals surface area (Å²) in [6, 6.07) is 13.9. The molecule has 166 valence electrons. The molecule has 0 aliphatic carbocycles. The van der Waals surface area contributed by atoms with Crippen LogP contribution in [-0.2, 0) is 11.3 Å². The molecule has 1 aromatic heterocycles. The monoisotopic (exact) mass is 453 g/mol. The van der Waals surface area contributed by atoms with Crippen LogP contribution in [0, 0.1) is 0 Å². The van der Waals surface area contributed by atoms with Crippen LogP contribution in [-0.4, -0.2) is 39.1 Å². The second kappa shape index (κ2) is 9.73. The fourth-order valence-electron chi connectivity index (χ4n) is 3.26. The third kappa shape index (κ3) is 4.86. The number of carbonyl (C=O) groups is 2. The highest BCUT2D eigenvalue weighted by atomic mass is 32.2. The predicted molar refractivity (Wildman–Crippen MR) is 120 cm³/mol. The quantitative estimate of drug-likeness (QED) is 0.504. The zero-order valence-corrected chi connectivity index (χ0v) is 18.5. The smallest absolute Gasteiger partial charge is 0.251 e. The van der Waals surface area contributed by atoms with Crippen LogP contribution in [0.25, 0.3) is 0 Å². The van der Waals surface area contributed by atoms with Gasteiger partial charge in [-0.1, -0.05) is 30.0 Å². The van der Waals surface area contributed by atoms with Crippen LogP contribution in [0.2, 0.25) is 0 Å². The molecule has 4 rings (SSSR count). The highest BCUT2D eigenvalue weighted by Gasteiger charge is 2.20. The van der Waals surface area contributed by atoms with Crippen LogP contribution in [0.5, 0.6) is 11.5 Å². The highest BCUT2D eigenvalue weighted by molar-refractivity contribution is 7.99. The zero-order chi connectivity index (χ0) is 22.5. The Labute approximate surface area is 189 Å². The Kier molecular flexibility index (Phi) is 6.60. The average molecular weight is 454 g/mol. The van der Waals surface area contributed by atoms with Crippen molar-refractivity contribution in [2.24, 2.45) is 0 Å². The molecule has 1 aliphatic heterocycles. The number of hydrogen-bond acceptors (Lipinski definition) is 7. The molecule has 0 fully saturated rings. The van der Waals surface area contributed by atoms with Crippen LogP contribution in [0.4, 0.5) is 5.69 Å². The molecule has 1 unspecified atom stereocenters. The summed E-state index contributed by atoms with van der Waals surface area (Å²) in [6.45, 7) is 4.62. The van der Waals surface area contributed by atoms with Gasteiger partial charge >= 0.3 is 0 Å². The maximum Gasteiger partial charge on any atom is 0.251 e. The Morgan fingerprint density at radius 3 is 2.69 bits per heavy atom. The van der Waals surface area contributed by atoms with Crippen molar-refractivity contribution in [2.45, 2.75) is 31.6 Å². The standard InChI is InChI=1S/C22H23N5O4S/c1-3-27-20(14(2)23-21(29)15-7-5-4-6-8-15)25-26-22(27)32-12-19(28)24-16-9-10-17-18(11-16)31-13-30-17/h4-11,14H,3,12-13H2,1-2H3,(H,23,29)(H,24,28). The van der Waals surface area contributed by atoms with Gasteiger partial charge in [0.15, 0.2) is 22.5 Å². The zero-order valence-electron chi connectivity index (χ0n) is 17.7. The van der Waals surface area contributed by atoms with Gasteiger partial charge in [0.1, 0.15) is 0 Å². The van der Waals surface area contributed by atoms with Crippen LogP contribution in [0.3, 0.4) is 0 Å². The molecule has 2 aromatic carbocycles. The number of thioether (sulfide) groups is 1. The molecule has 0 bridgehead atoms. The number of aromatic nitrogens is 3. The first-order valence-corrected chi connectivity index (χ1v) is 11.1. The molecule has 0 radical (unpaired) electrons. The number of hydrogen-bond donors (Lipinski definition) is 2. The number of ether oxygens (including phenoxy) is 2. The summed E-state index contributed by atoms with van der Waals surface area (Å²) >= 11 is 1.29. The SMILES string of the molecule is CCn1c(SCC(=O)Nc2ccc3c(c2)OCO3)nnc1C(C)NC(=O)c1ccccc1. The number of rotatable bonds is 8. The second-order valence-corrected chi connectivity index (χ2v) is 7.99. The number of carbonyl (C=O) groups excluding carboxylic acids is 2. The molecule has 2 heterocycles. The minimum Gasteiger partial charge on any atom is -0.454 e. The van der Waals surface area contributed by atoms with Gasteiger partial charge in [0, 0.05) is 23.9 Å². The van der Waals surface area contributed by atoms with Crippen LogP contribution < -0.4 is 20.1 Å². The van der Waals surface area contributed by atoms with E-state index in [2.05, 4.69) is 20.8 Å². The van der Waals surface area contributed by atoms with E-state index >= 15 is 0 Å². The highest BCUT2D eigenvalue weighted by Crippen LogP contribution is 2.34. The fourth-order valence-corrected chi connectivity index (χ4v) is 4.07. The van der Waals surface area contributed by atoms with Gasteiger partial charge in [-0.25, -0.2) is 0 Å². The van der Waals surface area contributed by atoms with Crippen molar-refractivity contribution in [2.75, 3.05) is 17.9 Å². The fraction of sp³-hybridized carbons (Fsp3) is 0.273. The van der Waals surface area contributed by atoms with Crippen molar-refractivity contribution in [3.63, 3.8) is 0 Å². The Balaban J connectivity index is 1.36. The van der Waals surface area contributed by atoms with Crippen molar-refractivity contribution >= 4 is 29.3 Å². The van der Waals surface area contributed by atoms with Crippen molar-refractivity contribution in [1.29, 1.82) is 0 Å². The molecule has 32 heavy (non-hydrogen) atoms. The third-order valence-corrected chi connectivity index (χ3v) is 5.79. The number of nitrogens with zero attached hydrogens (tertiary/aromatic N) is 3. The van der Waals surface area contributed by atoms with Crippen molar-refractivity contribution in [3.05, 3.63) is 59.9 Å². The Morgan fingerprint density at radius 2 is 1.91 bits per heavy atom. The first kappa shape index (κ1) is 21.7. The number of anilines is 1. The first-order chi connectivity index (χ1) is 15.5. The lowest BCUT2D eigenvalue weighted by Crippen LogP contribution is -2.28. The van der Waals surface area contributed by atoms with E-state index < -0.39 is 0 Å². The Hall–Kier alpha value is -3.53. The lowest BCUT2D eigenvalue weighted by atomic mass is 10.2. The summed E-state index contributed by atoms with van der Waals surface area (Å²) in [7, 11) is 0. The van der Waals surface area contributed by atoms with E-state index in [0.29, 0.717) is 40.3 Å². The molecule has 1 aliphatic rings. The third-order valence-electron chi connectivity index (χ3n) is 4.82. The molecule has 0 saturated heterocycles. The van der Waals surface area contributed by atoms with Crippen LogP contribution in [0.1, 0.15) is 36.1 Å². The van der Waals surface area contributed by atoms with E-state index in [4.69, 9.17) is 9.47 Å². The molecule has 2 amide bonds. The van der Waals surface area contributed by atoms with Gasteiger partial charge in [0.2, 0.25) is 12.7 Å². The van der Waals surface area contributed by atoms with Crippen LogP contribution >= 0.6 is 11.8 Å². The lowest BCUT2D eigenvalue weighted by Gasteiger charge is -2.15. The summed E-state index contributed by atoms with van der Waals surface area (Å²) in [6.07, 6.45) is 0. The van der Waals surface area contributed by atoms with E-state index in [9.17, 15) is 9.59 Å². The maximum atomic E-state index is 12.5. The normalized spacial score (nSPS) is 12.9. The van der Waals surface area contributed by atoms with E-state index in [1.807, 2.05) is 36.6 Å². The minimum absolute atomic E-state index is 0.164. The van der Waals surface area contributed by atoms with Gasteiger partial charge in [-0.2, -0.15) is 0 Å². The summed E-state index contributed by atoms with van der Waals surface area (Å²) in [5.41, 5.74) is 1.21. The Bertz CT molecular complexity index is 1120. The van der Waals surface area contributed by atoms with Gasteiger partial charge < -0.3 is 24.7 Å². The number of nitrogens with one attached hydrogen (secondary N) is 2. The molecule has 3 aromatic rings. The molecule has 1 atom stereocenters. The summed E-state index contributed by atoms with van der Waals surface area (Å²) in [5, 5.41) is 14.9. The molecular formula is C22H23N5O4S. The van der Waals surface area contributed by atoms with Gasteiger partial charge in [-0.15, -0.1) is 10.2 Å². The Morgan fingerprint density at radius 1 is 1.12 bits per heavy atom. The molecule has 0 saturated carbocycles. The van der Waals surface area contributed by atoms with E-state index in [0.717, 1.165) is 0 Å². The average Bonchev–Trinajstić information content (AvgIpc) is 3.44. The molecular weight excluding hydrogens is 430 g/mol.